The van der Waals surface area contributed by atoms with E-state index in [0.717, 1.165) is 32.6 Å². The minimum absolute atomic E-state index is 0. The maximum absolute atomic E-state index is 12.8. The van der Waals surface area contributed by atoms with Crippen molar-refractivity contribution < 1.29 is 4.79 Å². The molecule has 1 aromatic heterocycles. The zero-order chi connectivity index (χ0) is 14.3. The number of rotatable bonds is 2. The number of likely N-dealkylation sites (tertiary alicyclic amines) is 1. The zero-order valence-corrected chi connectivity index (χ0v) is 13.8. The van der Waals surface area contributed by atoms with Gasteiger partial charge in [0.15, 0.2) is 0 Å². The highest BCUT2D eigenvalue weighted by Crippen LogP contribution is 2.34. The van der Waals surface area contributed by atoms with E-state index < -0.39 is 0 Å². The number of hydrogen-bond donors (Lipinski definition) is 1. The van der Waals surface area contributed by atoms with Crippen molar-refractivity contribution in [1.29, 1.82) is 0 Å². The predicted molar refractivity (Wildman–Crippen MR) is 84.5 cm³/mol. The largest absolute Gasteiger partial charge is 0.342 e. The molecule has 2 aliphatic heterocycles. The van der Waals surface area contributed by atoms with Gasteiger partial charge in [-0.15, -0.1) is 12.4 Å². The van der Waals surface area contributed by atoms with Gasteiger partial charge in [0.1, 0.15) is 0 Å². The summed E-state index contributed by atoms with van der Waals surface area (Å²) in [6.07, 6.45) is 5.04. The van der Waals surface area contributed by atoms with Crippen LogP contribution in [-0.4, -0.2) is 46.8 Å². The second-order valence-electron chi connectivity index (χ2n) is 6.99. The van der Waals surface area contributed by atoms with Crippen LogP contribution in [0.2, 0.25) is 0 Å². The molecule has 5 nitrogen and oxygen atoms in total. The van der Waals surface area contributed by atoms with Crippen LogP contribution < -0.4 is 5.32 Å². The van der Waals surface area contributed by atoms with Gasteiger partial charge in [-0.25, -0.2) is 0 Å². The Balaban J connectivity index is 0.00000161. The SMILES string of the molecule is Cl.Cn1cc([C@H]2CNC[C@@H]2C(=O)N2CCC(C)(C)C2)cn1. The van der Waals surface area contributed by atoms with Crippen molar-refractivity contribution in [3.05, 3.63) is 18.0 Å². The van der Waals surface area contributed by atoms with E-state index in [-0.39, 0.29) is 29.7 Å². The van der Waals surface area contributed by atoms with Crippen molar-refractivity contribution in [2.24, 2.45) is 18.4 Å². The summed E-state index contributed by atoms with van der Waals surface area (Å²) in [4.78, 5) is 14.8. The number of carbonyl (C=O) groups is 1. The average molecular weight is 313 g/mol. The third-order valence-electron chi connectivity index (χ3n) is 4.67. The number of amides is 1. The molecule has 0 saturated carbocycles. The fourth-order valence-corrected chi connectivity index (χ4v) is 3.46. The molecule has 1 amide bonds. The number of halogens is 1. The van der Waals surface area contributed by atoms with E-state index in [1.807, 2.05) is 24.1 Å². The third kappa shape index (κ3) is 3.24. The molecule has 2 fully saturated rings. The van der Waals surface area contributed by atoms with Crippen molar-refractivity contribution in [1.82, 2.24) is 20.0 Å². The normalized spacial score (nSPS) is 27.7. The summed E-state index contributed by atoms with van der Waals surface area (Å²) in [5.74, 6) is 0.641. The molecule has 3 rings (SSSR count). The Bertz CT molecular complexity index is 514. The predicted octanol–water partition coefficient (Wildman–Crippen LogP) is 1.40. The van der Waals surface area contributed by atoms with E-state index in [4.69, 9.17) is 0 Å². The Hall–Kier alpha value is -1.07. The maximum Gasteiger partial charge on any atom is 0.227 e. The molecule has 1 aromatic rings. The Morgan fingerprint density at radius 2 is 2.19 bits per heavy atom. The molecule has 0 spiro atoms. The molecule has 0 aromatic carbocycles. The molecule has 118 valence electrons. The average Bonchev–Trinajstić information content (AvgIpc) is 3.07. The van der Waals surface area contributed by atoms with Crippen LogP contribution in [-0.2, 0) is 11.8 Å². The van der Waals surface area contributed by atoms with Gasteiger partial charge in [0, 0.05) is 45.3 Å². The van der Waals surface area contributed by atoms with Gasteiger partial charge >= 0.3 is 0 Å². The molecule has 21 heavy (non-hydrogen) atoms. The highest BCUT2D eigenvalue weighted by Gasteiger charge is 2.40. The number of aryl methyl sites for hydroxylation is 1. The number of hydrogen-bond acceptors (Lipinski definition) is 3. The van der Waals surface area contributed by atoms with Gasteiger partial charge in [-0.3, -0.25) is 9.48 Å². The van der Waals surface area contributed by atoms with Gasteiger partial charge in [0.05, 0.1) is 12.1 Å². The summed E-state index contributed by atoms with van der Waals surface area (Å²) >= 11 is 0. The minimum Gasteiger partial charge on any atom is -0.342 e. The Labute approximate surface area is 132 Å². The molecule has 2 atom stereocenters. The van der Waals surface area contributed by atoms with E-state index in [2.05, 4.69) is 29.2 Å². The lowest BCUT2D eigenvalue weighted by molar-refractivity contribution is -0.134. The van der Waals surface area contributed by atoms with E-state index in [0.29, 0.717) is 5.91 Å². The molecule has 2 aliphatic rings. The van der Waals surface area contributed by atoms with Gasteiger partial charge in [-0.1, -0.05) is 13.8 Å². The maximum atomic E-state index is 12.8. The summed E-state index contributed by atoms with van der Waals surface area (Å²) < 4.78 is 1.81. The second-order valence-corrected chi connectivity index (χ2v) is 6.99. The first-order valence-corrected chi connectivity index (χ1v) is 7.44. The lowest BCUT2D eigenvalue weighted by atomic mass is 9.89. The molecular weight excluding hydrogens is 288 g/mol. The van der Waals surface area contributed by atoms with Crippen molar-refractivity contribution in [2.75, 3.05) is 26.2 Å². The summed E-state index contributed by atoms with van der Waals surface area (Å²) in [7, 11) is 1.92. The fourth-order valence-electron chi connectivity index (χ4n) is 3.46. The van der Waals surface area contributed by atoms with E-state index in [1.165, 1.54) is 5.56 Å². The van der Waals surface area contributed by atoms with Crippen molar-refractivity contribution in [2.45, 2.75) is 26.2 Å². The molecule has 0 aliphatic carbocycles. The monoisotopic (exact) mass is 312 g/mol. The number of aromatic nitrogens is 2. The zero-order valence-electron chi connectivity index (χ0n) is 13.0. The lowest BCUT2D eigenvalue weighted by Crippen LogP contribution is -2.38. The number of nitrogens with zero attached hydrogens (tertiary/aromatic N) is 3. The Kier molecular flexibility index (Phi) is 4.63. The quantitative estimate of drug-likeness (QED) is 0.898. The van der Waals surface area contributed by atoms with Crippen LogP contribution in [0.4, 0.5) is 0 Å². The molecule has 0 unspecified atom stereocenters. The van der Waals surface area contributed by atoms with E-state index in [9.17, 15) is 4.79 Å². The highest BCUT2D eigenvalue weighted by molar-refractivity contribution is 5.85. The lowest BCUT2D eigenvalue weighted by Gasteiger charge is -2.25. The van der Waals surface area contributed by atoms with E-state index >= 15 is 0 Å². The summed E-state index contributed by atoms with van der Waals surface area (Å²) in [6, 6.07) is 0. The topological polar surface area (TPSA) is 50.2 Å². The second kappa shape index (κ2) is 5.97. The molecule has 1 N–H and O–H groups in total. The fraction of sp³-hybridized carbons (Fsp3) is 0.733. The van der Waals surface area contributed by atoms with Crippen molar-refractivity contribution >= 4 is 18.3 Å². The Morgan fingerprint density at radius 3 is 2.76 bits per heavy atom. The summed E-state index contributed by atoms with van der Waals surface area (Å²) in [6.45, 7) is 7.94. The first-order chi connectivity index (χ1) is 9.46. The van der Waals surface area contributed by atoms with Crippen LogP contribution >= 0.6 is 12.4 Å². The minimum atomic E-state index is 0. The summed E-state index contributed by atoms with van der Waals surface area (Å²) in [5.41, 5.74) is 1.44. The van der Waals surface area contributed by atoms with Gasteiger partial charge in [0.2, 0.25) is 5.91 Å². The smallest absolute Gasteiger partial charge is 0.227 e. The first kappa shape index (κ1) is 16.3. The van der Waals surface area contributed by atoms with Crippen LogP contribution in [0.5, 0.6) is 0 Å². The number of nitrogens with one attached hydrogen (secondary N) is 1. The Morgan fingerprint density at radius 1 is 1.43 bits per heavy atom. The van der Waals surface area contributed by atoms with Gasteiger partial charge in [-0.05, 0) is 17.4 Å². The van der Waals surface area contributed by atoms with Crippen LogP contribution in [0, 0.1) is 11.3 Å². The molecule has 2 saturated heterocycles. The van der Waals surface area contributed by atoms with Crippen molar-refractivity contribution in [3.8, 4) is 0 Å². The van der Waals surface area contributed by atoms with Gasteiger partial charge < -0.3 is 10.2 Å². The highest BCUT2D eigenvalue weighted by atomic mass is 35.5. The summed E-state index contributed by atoms with van der Waals surface area (Å²) in [5, 5.41) is 7.61. The van der Waals surface area contributed by atoms with Gasteiger partial charge in [0.25, 0.3) is 0 Å². The van der Waals surface area contributed by atoms with Gasteiger partial charge in [-0.2, -0.15) is 5.10 Å². The van der Waals surface area contributed by atoms with Crippen LogP contribution in [0.1, 0.15) is 31.7 Å². The standard InChI is InChI=1S/C15H24N4O.ClH/c1-15(2)4-5-19(10-15)14(20)13-8-16-7-12(13)11-6-17-18(3)9-11;/h6,9,12-13,16H,4-5,7-8,10H2,1-3H3;1H/t12-,13+;/m1./s1. The van der Waals surface area contributed by atoms with E-state index in [1.54, 1.807) is 0 Å². The van der Waals surface area contributed by atoms with Crippen LogP contribution in [0.25, 0.3) is 0 Å². The van der Waals surface area contributed by atoms with Crippen LogP contribution in [0.15, 0.2) is 12.4 Å². The molecule has 6 heteroatoms. The molecule has 3 heterocycles. The van der Waals surface area contributed by atoms with Crippen molar-refractivity contribution in [3.63, 3.8) is 0 Å². The number of carbonyl (C=O) groups excluding carboxylic acids is 1. The molecule has 0 radical (unpaired) electrons. The third-order valence-corrected chi connectivity index (χ3v) is 4.67. The van der Waals surface area contributed by atoms with Crippen LogP contribution in [0.3, 0.4) is 0 Å². The molecular formula is C15H25ClN4O. The first-order valence-electron chi connectivity index (χ1n) is 7.44. The molecule has 0 bridgehead atoms.